The first kappa shape index (κ1) is 25.1. The van der Waals surface area contributed by atoms with E-state index in [1.54, 1.807) is 12.1 Å². The molecule has 0 saturated heterocycles. The Kier molecular flexibility index (Phi) is 6.78. The summed E-state index contributed by atoms with van der Waals surface area (Å²) >= 11 is 0. The molecular weight excluding hydrogens is 491 g/mol. The summed E-state index contributed by atoms with van der Waals surface area (Å²) in [5.41, 5.74) is 3.24. The molecule has 1 aliphatic rings. The standard InChI is InChI=1S/C26H21F3.C9H7N/c27-26(28,29)21-10-5-17(6-11-21)15-18-7-12-23-20(16-18)9-14-24-22-4-2-1-3-19(22)8-13-25(23)24;1-2-4-9-7-10-6-5-8(9)3-1/h1-6,8-11,13-14,18H,7,12,15-16H2;1-7H. The highest BCUT2D eigenvalue weighted by Gasteiger charge is 2.30. The summed E-state index contributed by atoms with van der Waals surface area (Å²) in [5, 5.41) is 7.65. The largest absolute Gasteiger partial charge is 0.416 e. The number of aryl methyl sites for hydroxylation is 1. The summed E-state index contributed by atoms with van der Waals surface area (Å²) in [7, 11) is 0. The first-order valence-corrected chi connectivity index (χ1v) is 13.3. The van der Waals surface area contributed by atoms with E-state index in [1.807, 2.05) is 30.6 Å². The van der Waals surface area contributed by atoms with Gasteiger partial charge in [0.2, 0.25) is 0 Å². The number of hydrogen-bond acceptors (Lipinski definition) is 1. The molecule has 1 nitrogen and oxygen atoms in total. The average molecular weight is 520 g/mol. The van der Waals surface area contributed by atoms with Crippen LogP contribution in [0.1, 0.15) is 28.7 Å². The zero-order valence-corrected chi connectivity index (χ0v) is 21.5. The summed E-state index contributed by atoms with van der Waals surface area (Å²) in [6, 6.07) is 33.3. The van der Waals surface area contributed by atoms with Crippen molar-refractivity contribution in [1.29, 1.82) is 0 Å². The first-order valence-electron chi connectivity index (χ1n) is 13.3. The van der Waals surface area contributed by atoms with E-state index in [-0.39, 0.29) is 0 Å². The highest BCUT2D eigenvalue weighted by molar-refractivity contribution is 6.08. The Hall–Kier alpha value is -4.18. The monoisotopic (exact) mass is 519 g/mol. The van der Waals surface area contributed by atoms with E-state index >= 15 is 0 Å². The minimum atomic E-state index is -4.27. The molecule has 1 aromatic heterocycles. The predicted molar refractivity (Wildman–Crippen MR) is 154 cm³/mol. The number of hydrogen-bond donors (Lipinski definition) is 0. The van der Waals surface area contributed by atoms with Crippen molar-refractivity contribution >= 4 is 32.3 Å². The maximum Gasteiger partial charge on any atom is 0.416 e. The van der Waals surface area contributed by atoms with E-state index in [1.165, 1.54) is 55.6 Å². The van der Waals surface area contributed by atoms with Gasteiger partial charge >= 0.3 is 6.18 Å². The van der Waals surface area contributed by atoms with Crippen LogP contribution in [-0.2, 0) is 25.4 Å². The van der Waals surface area contributed by atoms with Gasteiger partial charge in [-0.15, -0.1) is 0 Å². The van der Waals surface area contributed by atoms with Crippen molar-refractivity contribution in [2.24, 2.45) is 5.92 Å². The zero-order chi connectivity index (χ0) is 26.8. The van der Waals surface area contributed by atoms with Gasteiger partial charge in [-0.2, -0.15) is 13.2 Å². The molecule has 6 aromatic rings. The predicted octanol–water partition coefficient (Wildman–Crippen LogP) is 9.59. The second-order valence-electron chi connectivity index (χ2n) is 10.3. The molecule has 0 spiro atoms. The van der Waals surface area contributed by atoms with E-state index in [2.05, 4.69) is 65.6 Å². The van der Waals surface area contributed by atoms with Gasteiger partial charge in [0.25, 0.3) is 0 Å². The molecule has 0 bridgehead atoms. The molecule has 1 unspecified atom stereocenters. The second kappa shape index (κ2) is 10.5. The van der Waals surface area contributed by atoms with Crippen LogP contribution in [-0.4, -0.2) is 4.98 Å². The van der Waals surface area contributed by atoms with Crippen LogP contribution in [0.15, 0.2) is 116 Å². The Morgan fingerprint density at radius 1 is 0.667 bits per heavy atom. The van der Waals surface area contributed by atoms with E-state index in [9.17, 15) is 13.2 Å². The number of nitrogens with zero attached hydrogens (tertiary/aromatic N) is 1. The Morgan fingerprint density at radius 2 is 1.38 bits per heavy atom. The van der Waals surface area contributed by atoms with Gasteiger partial charge in [0.05, 0.1) is 5.56 Å². The molecule has 0 aliphatic heterocycles. The molecule has 0 saturated carbocycles. The lowest BCUT2D eigenvalue weighted by Crippen LogP contribution is -2.17. The van der Waals surface area contributed by atoms with Gasteiger partial charge in [-0.25, -0.2) is 0 Å². The fourth-order valence-corrected chi connectivity index (χ4v) is 5.81. The molecule has 5 aromatic carbocycles. The molecule has 0 N–H and O–H groups in total. The van der Waals surface area contributed by atoms with Crippen molar-refractivity contribution in [3.8, 4) is 0 Å². The topological polar surface area (TPSA) is 12.9 Å². The summed E-state index contributed by atoms with van der Waals surface area (Å²) < 4.78 is 38.3. The van der Waals surface area contributed by atoms with Crippen molar-refractivity contribution < 1.29 is 13.2 Å². The van der Waals surface area contributed by atoms with Crippen molar-refractivity contribution in [1.82, 2.24) is 4.98 Å². The smallest absolute Gasteiger partial charge is 0.264 e. The molecule has 39 heavy (non-hydrogen) atoms. The van der Waals surface area contributed by atoms with Crippen LogP contribution in [0.5, 0.6) is 0 Å². The molecule has 1 atom stereocenters. The normalized spacial score (nSPS) is 15.1. The summed E-state index contributed by atoms with van der Waals surface area (Å²) in [6.07, 6.45) is 3.31. The molecule has 0 fully saturated rings. The van der Waals surface area contributed by atoms with Crippen molar-refractivity contribution in [2.75, 3.05) is 0 Å². The van der Waals surface area contributed by atoms with Gasteiger partial charge in [-0.1, -0.05) is 84.9 Å². The Balaban J connectivity index is 0.000000231. The minimum Gasteiger partial charge on any atom is -0.264 e. The highest BCUT2D eigenvalue weighted by Crippen LogP contribution is 2.36. The number of pyridine rings is 1. The van der Waals surface area contributed by atoms with Gasteiger partial charge < -0.3 is 0 Å². The maximum atomic E-state index is 12.8. The number of alkyl halides is 3. The lowest BCUT2D eigenvalue weighted by Gasteiger charge is -2.26. The van der Waals surface area contributed by atoms with Crippen molar-refractivity contribution in [3.63, 3.8) is 0 Å². The second-order valence-corrected chi connectivity index (χ2v) is 10.3. The van der Waals surface area contributed by atoms with E-state index in [4.69, 9.17) is 0 Å². The lowest BCUT2D eigenvalue weighted by molar-refractivity contribution is -0.137. The molecule has 1 aliphatic carbocycles. The first-order chi connectivity index (χ1) is 19.0. The molecular formula is C35H28F3N. The summed E-state index contributed by atoms with van der Waals surface area (Å²) in [5.74, 6) is 0.470. The van der Waals surface area contributed by atoms with E-state index in [0.717, 1.165) is 31.2 Å². The minimum absolute atomic E-state index is 0.470. The molecule has 7 rings (SSSR count). The van der Waals surface area contributed by atoms with Crippen LogP contribution in [0.2, 0.25) is 0 Å². The van der Waals surface area contributed by atoms with Crippen LogP contribution >= 0.6 is 0 Å². The van der Waals surface area contributed by atoms with Crippen molar-refractivity contribution in [2.45, 2.75) is 31.9 Å². The highest BCUT2D eigenvalue weighted by atomic mass is 19.4. The molecule has 194 valence electrons. The fourth-order valence-electron chi connectivity index (χ4n) is 5.81. The van der Waals surface area contributed by atoms with Crippen LogP contribution in [0, 0.1) is 5.92 Å². The third-order valence-electron chi connectivity index (χ3n) is 7.80. The Bertz CT molecular complexity index is 1690. The van der Waals surface area contributed by atoms with Gasteiger partial charge in [-0.3, -0.25) is 4.98 Å². The molecule has 1 heterocycles. The van der Waals surface area contributed by atoms with Crippen LogP contribution < -0.4 is 0 Å². The zero-order valence-electron chi connectivity index (χ0n) is 21.5. The van der Waals surface area contributed by atoms with E-state index < -0.39 is 11.7 Å². The molecule has 0 radical (unpaired) electrons. The third kappa shape index (κ3) is 5.37. The average Bonchev–Trinajstić information content (AvgIpc) is 2.97. The number of fused-ring (bicyclic) bond motifs is 6. The van der Waals surface area contributed by atoms with Gasteiger partial charge in [-0.05, 0) is 98.8 Å². The number of aromatic nitrogens is 1. The SMILES string of the molecule is FC(F)(F)c1ccc(CC2CCc3c(ccc4c3ccc3ccccc34)C2)cc1.c1ccc2cnccc2c1. The van der Waals surface area contributed by atoms with Crippen LogP contribution in [0.25, 0.3) is 32.3 Å². The van der Waals surface area contributed by atoms with Crippen LogP contribution in [0.4, 0.5) is 13.2 Å². The maximum absolute atomic E-state index is 12.8. The fraction of sp³-hybridized carbons (Fsp3) is 0.171. The van der Waals surface area contributed by atoms with E-state index in [0.29, 0.717) is 5.92 Å². The summed E-state index contributed by atoms with van der Waals surface area (Å²) in [6.45, 7) is 0. The number of benzene rings is 5. The number of rotatable bonds is 2. The Labute approximate surface area is 225 Å². The lowest BCUT2D eigenvalue weighted by atomic mass is 9.78. The molecule has 0 amide bonds. The van der Waals surface area contributed by atoms with Gasteiger partial charge in [0, 0.05) is 12.4 Å². The van der Waals surface area contributed by atoms with Gasteiger partial charge in [0.15, 0.2) is 0 Å². The summed E-state index contributed by atoms with van der Waals surface area (Å²) in [4.78, 5) is 4.01. The van der Waals surface area contributed by atoms with Crippen molar-refractivity contribution in [3.05, 3.63) is 138 Å². The molecule has 4 heteroatoms. The Morgan fingerprint density at radius 3 is 2.15 bits per heavy atom. The van der Waals surface area contributed by atoms with Crippen LogP contribution in [0.3, 0.4) is 0 Å². The van der Waals surface area contributed by atoms with Gasteiger partial charge in [0.1, 0.15) is 0 Å². The third-order valence-corrected chi connectivity index (χ3v) is 7.80. The quantitative estimate of drug-likeness (QED) is 0.208. The number of halogens is 3.